The first-order chi connectivity index (χ1) is 11.3. The second kappa shape index (κ2) is 9.46. The van der Waals surface area contributed by atoms with Gasteiger partial charge in [0.15, 0.2) is 0 Å². The van der Waals surface area contributed by atoms with Crippen LogP contribution in [0.15, 0.2) is 84.9 Å². The van der Waals surface area contributed by atoms with Gasteiger partial charge in [-0.15, -0.1) is 0 Å². The van der Waals surface area contributed by atoms with Crippen LogP contribution in [0.3, 0.4) is 0 Å². The molecule has 4 heteroatoms. The van der Waals surface area contributed by atoms with Crippen molar-refractivity contribution >= 4 is 7.69 Å². The molecule has 0 fully saturated rings. The van der Waals surface area contributed by atoms with E-state index in [9.17, 15) is 0 Å². The highest BCUT2D eigenvalue weighted by molar-refractivity contribution is 6.13. The van der Waals surface area contributed by atoms with Gasteiger partial charge in [-0.25, -0.2) is 0 Å². The lowest BCUT2D eigenvalue weighted by molar-refractivity contribution is 0.307. The van der Waals surface area contributed by atoms with Gasteiger partial charge in [0.25, 0.3) is 0 Å². The zero-order chi connectivity index (χ0) is 16.3. The standard InChI is InChI=1S/C19H16O.BH3O2/c1-3-9-16(10-4-1)15-20-19-14-8-7-13-18(19)17-11-5-2-6-12-17;2-1-3/h1-14H,15H2;1-3H. The molecule has 0 radical (unpaired) electrons. The fourth-order valence-corrected chi connectivity index (χ4v) is 2.18. The van der Waals surface area contributed by atoms with Gasteiger partial charge in [0.05, 0.1) is 0 Å². The van der Waals surface area contributed by atoms with Gasteiger partial charge in [-0.3, -0.25) is 0 Å². The van der Waals surface area contributed by atoms with Crippen LogP contribution in [0.2, 0.25) is 0 Å². The van der Waals surface area contributed by atoms with Crippen molar-refractivity contribution in [1.82, 2.24) is 0 Å². The normalized spacial score (nSPS) is 9.48. The highest BCUT2D eigenvalue weighted by atomic mass is 16.5. The van der Waals surface area contributed by atoms with E-state index < -0.39 is 7.69 Å². The lowest BCUT2D eigenvalue weighted by Crippen LogP contribution is -1.96. The molecule has 0 unspecified atom stereocenters. The van der Waals surface area contributed by atoms with Crippen LogP contribution in [0.1, 0.15) is 5.56 Å². The molecule has 3 aromatic rings. The summed E-state index contributed by atoms with van der Waals surface area (Å²) in [5.41, 5.74) is 3.48. The van der Waals surface area contributed by atoms with E-state index in [2.05, 4.69) is 30.3 Å². The topological polar surface area (TPSA) is 49.7 Å². The Hall–Kier alpha value is -2.56. The summed E-state index contributed by atoms with van der Waals surface area (Å²) in [5.74, 6) is 0.919. The van der Waals surface area contributed by atoms with Crippen molar-refractivity contribution in [1.29, 1.82) is 0 Å². The maximum absolute atomic E-state index is 7.12. The van der Waals surface area contributed by atoms with Gasteiger partial charge >= 0.3 is 7.69 Å². The Kier molecular flexibility index (Phi) is 6.91. The molecule has 0 heterocycles. The van der Waals surface area contributed by atoms with E-state index in [1.54, 1.807) is 0 Å². The Bertz CT molecular complexity index is 687. The molecule has 0 aliphatic rings. The molecule has 0 bridgehead atoms. The van der Waals surface area contributed by atoms with Crippen molar-refractivity contribution in [2.24, 2.45) is 0 Å². The summed E-state index contributed by atoms with van der Waals surface area (Å²) in [6.07, 6.45) is 0. The van der Waals surface area contributed by atoms with Gasteiger partial charge in [0.1, 0.15) is 12.4 Å². The van der Waals surface area contributed by atoms with Crippen molar-refractivity contribution < 1.29 is 14.8 Å². The van der Waals surface area contributed by atoms with Crippen LogP contribution in [-0.4, -0.2) is 17.7 Å². The monoisotopic (exact) mass is 306 g/mol. The Balaban J connectivity index is 0.000000595. The summed E-state index contributed by atoms with van der Waals surface area (Å²) in [4.78, 5) is 0. The van der Waals surface area contributed by atoms with E-state index in [-0.39, 0.29) is 0 Å². The fourth-order valence-electron chi connectivity index (χ4n) is 2.18. The first-order valence-electron chi connectivity index (χ1n) is 7.38. The summed E-state index contributed by atoms with van der Waals surface area (Å²) in [6.45, 7) is 0.588. The van der Waals surface area contributed by atoms with E-state index >= 15 is 0 Å². The van der Waals surface area contributed by atoms with Crippen molar-refractivity contribution in [2.45, 2.75) is 6.61 Å². The first-order valence-corrected chi connectivity index (χ1v) is 7.38. The quantitative estimate of drug-likeness (QED) is 0.728. The second-order valence-electron chi connectivity index (χ2n) is 4.78. The van der Waals surface area contributed by atoms with Gasteiger partial charge in [-0.2, -0.15) is 0 Å². The summed E-state index contributed by atoms with van der Waals surface area (Å²) in [5, 5.41) is 14.2. The third-order valence-corrected chi connectivity index (χ3v) is 3.21. The summed E-state index contributed by atoms with van der Waals surface area (Å²) in [6, 6.07) is 28.7. The Morgan fingerprint density at radius 3 is 1.87 bits per heavy atom. The third kappa shape index (κ3) is 5.29. The minimum absolute atomic E-state index is 0.588. The highest BCUT2D eigenvalue weighted by Gasteiger charge is 2.05. The van der Waals surface area contributed by atoms with Crippen molar-refractivity contribution in [2.75, 3.05) is 0 Å². The van der Waals surface area contributed by atoms with Gasteiger partial charge < -0.3 is 14.8 Å². The predicted octanol–water partition coefficient (Wildman–Crippen LogP) is 3.17. The molecule has 0 spiro atoms. The second-order valence-corrected chi connectivity index (χ2v) is 4.78. The largest absolute Gasteiger partial charge is 0.488 e. The maximum atomic E-state index is 7.12. The fraction of sp³-hybridized carbons (Fsp3) is 0.0526. The number of ether oxygens (including phenoxy) is 1. The maximum Gasteiger partial charge on any atom is 0.432 e. The van der Waals surface area contributed by atoms with Gasteiger partial charge in [0, 0.05) is 5.56 Å². The Morgan fingerprint density at radius 2 is 1.22 bits per heavy atom. The zero-order valence-corrected chi connectivity index (χ0v) is 12.8. The van der Waals surface area contributed by atoms with E-state index in [1.807, 2.05) is 54.6 Å². The molecule has 0 saturated heterocycles. The Labute approximate surface area is 137 Å². The molecule has 0 aliphatic heterocycles. The lowest BCUT2D eigenvalue weighted by atomic mass is 10.1. The first kappa shape index (κ1) is 16.8. The lowest BCUT2D eigenvalue weighted by Gasteiger charge is -2.11. The van der Waals surface area contributed by atoms with Crippen LogP contribution in [0.5, 0.6) is 5.75 Å². The van der Waals surface area contributed by atoms with Gasteiger partial charge in [0.2, 0.25) is 0 Å². The average Bonchev–Trinajstić information content (AvgIpc) is 2.63. The average molecular weight is 306 g/mol. The molecule has 0 atom stereocenters. The van der Waals surface area contributed by atoms with Crippen LogP contribution < -0.4 is 4.74 Å². The molecular weight excluding hydrogens is 287 g/mol. The smallest absolute Gasteiger partial charge is 0.432 e. The third-order valence-electron chi connectivity index (χ3n) is 3.21. The molecular formula is C19H19BO3. The van der Waals surface area contributed by atoms with Crippen LogP contribution in [0.4, 0.5) is 0 Å². The van der Waals surface area contributed by atoms with E-state index in [0.29, 0.717) is 6.61 Å². The number of hydrogen-bond donors (Lipinski definition) is 2. The molecule has 2 N–H and O–H groups in total. The number of para-hydroxylation sites is 1. The van der Waals surface area contributed by atoms with Gasteiger partial charge in [-0.1, -0.05) is 78.9 Å². The molecule has 3 rings (SSSR count). The van der Waals surface area contributed by atoms with Gasteiger partial charge in [-0.05, 0) is 17.2 Å². The molecule has 23 heavy (non-hydrogen) atoms. The van der Waals surface area contributed by atoms with E-state index in [0.717, 1.165) is 11.3 Å². The summed E-state index contributed by atoms with van der Waals surface area (Å²) in [7, 11) is -0.750. The molecule has 0 amide bonds. The van der Waals surface area contributed by atoms with E-state index in [1.165, 1.54) is 11.1 Å². The molecule has 3 aromatic carbocycles. The molecule has 0 aromatic heterocycles. The number of hydrogen-bond acceptors (Lipinski definition) is 3. The number of rotatable bonds is 4. The van der Waals surface area contributed by atoms with E-state index in [4.69, 9.17) is 14.8 Å². The SMILES string of the molecule is OBO.c1ccc(COc2ccccc2-c2ccccc2)cc1. The minimum Gasteiger partial charge on any atom is -0.488 e. The van der Waals surface area contributed by atoms with Crippen LogP contribution in [0, 0.1) is 0 Å². The summed E-state index contributed by atoms with van der Waals surface area (Å²) < 4.78 is 5.98. The van der Waals surface area contributed by atoms with Crippen molar-refractivity contribution in [3.05, 3.63) is 90.5 Å². The Morgan fingerprint density at radius 1 is 0.696 bits per heavy atom. The van der Waals surface area contributed by atoms with Crippen molar-refractivity contribution in [3.63, 3.8) is 0 Å². The predicted molar refractivity (Wildman–Crippen MR) is 94.2 cm³/mol. The molecule has 116 valence electrons. The number of benzene rings is 3. The highest BCUT2D eigenvalue weighted by Crippen LogP contribution is 2.29. The zero-order valence-electron chi connectivity index (χ0n) is 12.8. The van der Waals surface area contributed by atoms with Crippen LogP contribution >= 0.6 is 0 Å². The molecule has 0 aliphatic carbocycles. The van der Waals surface area contributed by atoms with Crippen molar-refractivity contribution in [3.8, 4) is 16.9 Å². The molecule has 0 saturated carbocycles. The van der Waals surface area contributed by atoms with Crippen LogP contribution in [-0.2, 0) is 6.61 Å². The minimum atomic E-state index is -0.750. The summed E-state index contributed by atoms with van der Waals surface area (Å²) >= 11 is 0. The molecule has 3 nitrogen and oxygen atoms in total. The van der Waals surface area contributed by atoms with Crippen LogP contribution in [0.25, 0.3) is 11.1 Å².